The molecule has 0 N–H and O–H groups in total. The van der Waals surface area contributed by atoms with Crippen LogP contribution >= 0.6 is 0 Å². The van der Waals surface area contributed by atoms with Crippen molar-refractivity contribution in [1.29, 1.82) is 0 Å². The third-order valence-electron chi connectivity index (χ3n) is 2.56. The molecule has 0 fully saturated rings. The van der Waals surface area contributed by atoms with Gasteiger partial charge in [-0.2, -0.15) is 0 Å². The quantitative estimate of drug-likeness (QED) is 0.667. The van der Waals surface area contributed by atoms with Crippen molar-refractivity contribution in [2.24, 2.45) is 0 Å². The molecule has 1 aliphatic carbocycles. The fourth-order valence-corrected chi connectivity index (χ4v) is 1.88. The summed E-state index contributed by atoms with van der Waals surface area (Å²) in [6, 6.07) is 6.11. The van der Waals surface area contributed by atoms with E-state index in [1.165, 1.54) is 11.1 Å². The summed E-state index contributed by atoms with van der Waals surface area (Å²) in [7, 11) is 3.41. The highest BCUT2D eigenvalue weighted by molar-refractivity contribution is 5.46. The standard InChI is InChI=1S/C12H14O2/c1-13-10-7-3-5-9-6-4-8-11(14-2)12(9)10/h3-5,7-8,11H,6H2,1-2H3. The van der Waals surface area contributed by atoms with Gasteiger partial charge in [0.1, 0.15) is 11.9 Å². The van der Waals surface area contributed by atoms with Gasteiger partial charge in [0.15, 0.2) is 0 Å². The van der Waals surface area contributed by atoms with E-state index >= 15 is 0 Å². The van der Waals surface area contributed by atoms with Crippen molar-refractivity contribution >= 4 is 0 Å². The maximum atomic E-state index is 5.39. The fourth-order valence-electron chi connectivity index (χ4n) is 1.88. The number of fused-ring (bicyclic) bond motifs is 1. The molecule has 2 rings (SSSR count). The molecule has 0 saturated carbocycles. The van der Waals surface area contributed by atoms with Crippen LogP contribution in [0.4, 0.5) is 0 Å². The van der Waals surface area contributed by atoms with Crippen LogP contribution in [0.25, 0.3) is 0 Å². The predicted molar refractivity (Wildman–Crippen MR) is 55.6 cm³/mol. The van der Waals surface area contributed by atoms with Crippen molar-refractivity contribution in [3.05, 3.63) is 41.5 Å². The molecule has 0 bridgehead atoms. The van der Waals surface area contributed by atoms with Crippen molar-refractivity contribution in [2.75, 3.05) is 14.2 Å². The average Bonchev–Trinajstić information content (AvgIpc) is 2.27. The minimum atomic E-state index is 0.0369. The maximum Gasteiger partial charge on any atom is 0.125 e. The highest BCUT2D eigenvalue weighted by Crippen LogP contribution is 2.34. The lowest BCUT2D eigenvalue weighted by Gasteiger charge is -2.21. The van der Waals surface area contributed by atoms with Crippen molar-refractivity contribution in [1.82, 2.24) is 0 Å². The molecule has 0 aromatic heterocycles. The van der Waals surface area contributed by atoms with Crippen molar-refractivity contribution < 1.29 is 9.47 Å². The van der Waals surface area contributed by atoms with E-state index in [9.17, 15) is 0 Å². The topological polar surface area (TPSA) is 18.5 Å². The van der Waals surface area contributed by atoms with Gasteiger partial charge < -0.3 is 9.47 Å². The first-order valence-electron chi connectivity index (χ1n) is 4.72. The third-order valence-corrected chi connectivity index (χ3v) is 2.56. The molecule has 0 saturated heterocycles. The summed E-state index contributed by atoms with van der Waals surface area (Å²) in [6.07, 6.45) is 5.21. The summed E-state index contributed by atoms with van der Waals surface area (Å²) in [5.74, 6) is 0.915. The molecule has 74 valence electrons. The molecule has 1 aliphatic rings. The summed E-state index contributed by atoms with van der Waals surface area (Å²) < 4.78 is 10.7. The summed E-state index contributed by atoms with van der Waals surface area (Å²) in [5.41, 5.74) is 2.46. The Morgan fingerprint density at radius 2 is 2.14 bits per heavy atom. The zero-order valence-electron chi connectivity index (χ0n) is 8.49. The first kappa shape index (κ1) is 9.28. The highest BCUT2D eigenvalue weighted by atomic mass is 16.5. The molecule has 2 nitrogen and oxygen atoms in total. The Labute approximate surface area is 84.2 Å². The van der Waals surface area contributed by atoms with E-state index in [2.05, 4.69) is 18.2 Å². The van der Waals surface area contributed by atoms with Crippen LogP contribution < -0.4 is 4.74 Å². The van der Waals surface area contributed by atoms with Crippen LogP contribution in [0, 0.1) is 0 Å². The summed E-state index contributed by atoms with van der Waals surface area (Å²) in [6.45, 7) is 0. The van der Waals surface area contributed by atoms with Crippen LogP contribution in [0.5, 0.6) is 5.75 Å². The number of rotatable bonds is 2. The zero-order chi connectivity index (χ0) is 9.97. The van der Waals surface area contributed by atoms with Crippen molar-refractivity contribution in [3.8, 4) is 5.75 Å². The first-order valence-corrected chi connectivity index (χ1v) is 4.72. The number of hydrogen-bond donors (Lipinski definition) is 0. The van der Waals surface area contributed by atoms with Crippen LogP contribution in [-0.4, -0.2) is 14.2 Å². The molecule has 0 amide bonds. The second kappa shape index (κ2) is 3.84. The van der Waals surface area contributed by atoms with Gasteiger partial charge in [-0.3, -0.25) is 0 Å². The number of methoxy groups -OCH3 is 2. The first-order chi connectivity index (χ1) is 6.86. The largest absolute Gasteiger partial charge is 0.496 e. The van der Waals surface area contributed by atoms with E-state index in [0.29, 0.717) is 0 Å². The molecule has 0 radical (unpaired) electrons. The molecule has 1 unspecified atom stereocenters. The Morgan fingerprint density at radius 1 is 1.29 bits per heavy atom. The van der Waals surface area contributed by atoms with Crippen LogP contribution in [0.2, 0.25) is 0 Å². The molecular formula is C12H14O2. The molecule has 0 aliphatic heterocycles. The lowest BCUT2D eigenvalue weighted by Crippen LogP contribution is -2.08. The van der Waals surface area contributed by atoms with Crippen LogP contribution in [0.3, 0.4) is 0 Å². The van der Waals surface area contributed by atoms with Gasteiger partial charge in [0.05, 0.1) is 7.11 Å². The van der Waals surface area contributed by atoms with Gasteiger partial charge in [-0.1, -0.05) is 24.3 Å². The van der Waals surface area contributed by atoms with Crippen molar-refractivity contribution in [2.45, 2.75) is 12.5 Å². The molecule has 1 aromatic carbocycles. The van der Waals surface area contributed by atoms with E-state index in [1.54, 1.807) is 14.2 Å². The normalized spacial score (nSPS) is 19.1. The lowest BCUT2D eigenvalue weighted by molar-refractivity contribution is 0.137. The average molecular weight is 190 g/mol. The zero-order valence-corrected chi connectivity index (χ0v) is 8.49. The smallest absolute Gasteiger partial charge is 0.125 e. The molecular weight excluding hydrogens is 176 g/mol. The summed E-state index contributed by atoms with van der Waals surface area (Å²) >= 11 is 0. The van der Waals surface area contributed by atoms with Crippen molar-refractivity contribution in [3.63, 3.8) is 0 Å². The minimum Gasteiger partial charge on any atom is -0.496 e. The number of allylic oxidation sites excluding steroid dienone is 1. The van der Waals surface area contributed by atoms with Gasteiger partial charge >= 0.3 is 0 Å². The van der Waals surface area contributed by atoms with Crippen LogP contribution in [-0.2, 0) is 11.2 Å². The monoisotopic (exact) mass is 190 g/mol. The third kappa shape index (κ3) is 1.42. The predicted octanol–water partition coefficient (Wildman–Crippen LogP) is 2.50. The van der Waals surface area contributed by atoms with Gasteiger partial charge in [0.25, 0.3) is 0 Å². The maximum absolute atomic E-state index is 5.39. The van der Waals surface area contributed by atoms with Gasteiger partial charge in [-0.05, 0) is 18.1 Å². The van der Waals surface area contributed by atoms with E-state index < -0.39 is 0 Å². The molecule has 14 heavy (non-hydrogen) atoms. The molecule has 2 heteroatoms. The highest BCUT2D eigenvalue weighted by Gasteiger charge is 2.19. The fraction of sp³-hybridized carbons (Fsp3) is 0.333. The second-order valence-electron chi connectivity index (χ2n) is 3.32. The lowest BCUT2D eigenvalue weighted by atomic mass is 9.94. The van der Waals surface area contributed by atoms with E-state index in [-0.39, 0.29) is 6.10 Å². The van der Waals surface area contributed by atoms with Gasteiger partial charge in [-0.15, -0.1) is 0 Å². The Hall–Kier alpha value is -1.28. The Balaban J connectivity index is 2.50. The summed E-state index contributed by atoms with van der Waals surface area (Å²) in [5, 5.41) is 0. The Morgan fingerprint density at radius 3 is 2.86 bits per heavy atom. The van der Waals surface area contributed by atoms with E-state index in [1.807, 2.05) is 12.1 Å². The van der Waals surface area contributed by atoms with Crippen LogP contribution in [0.15, 0.2) is 30.4 Å². The summed E-state index contributed by atoms with van der Waals surface area (Å²) in [4.78, 5) is 0. The molecule has 0 heterocycles. The van der Waals surface area contributed by atoms with Gasteiger partial charge in [0, 0.05) is 12.7 Å². The van der Waals surface area contributed by atoms with Crippen LogP contribution in [0.1, 0.15) is 17.2 Å². The van der Waals surface area contributed by atoms with E-state index in [4.69, 9.17) is 9.47 Å². The number of hydrogen-bond acceptors (Lipinski definition) is 2. The van der Waals surface area contributed by atoms with Gasteiger partial charge in [0.2, 0.25) is 0 Å². The number of ether oxygens (including phenoxy) is 2. The van der Waals surface area contributed by atoms with Gasteiger partial charge in [-0.25, -0.2) is 0 Å². The SMILES string of the molecule is COc1cccc2c1C(OC)C=CC2. The minimum absolute atomic E-state index is 0.0369. The van der Waals surface area contributed by atoms with E-state index in [0.717, 1.165) is 12.2 Å². The number of benzene rings is 1. The molecule has 1 aromatic rings. The second-order valence-corrected chi connectivity index (χ2v) is 3.32. The Kier molecular flexibility index (Phi) is 2.55. The Bertz CT molecular complexity index is 355. The molecule has 1 atom stereocenters. The molecule has 0 spiro atoms.